The molecule has 1 spiro atoms. The zero-order chi connectivity index (χ0) is 18.4. The number of benzene rings is 1. The third kappa shape index (κ3) is 2.93. The zero-order valence-corrected chi connectivity index (χ0v) is 16.1. The van der Waals surface area contributed by atoms with Crippen molar-refractivity contribution in [2.24, 2.45) is 5.41 Å². The summed E-state index contributed by atoms with van der Waals surface area (Å²) in [4.78, 5) is 29.4. The quantitative estimate of drug-likeness (QED) is 0.836. The minimum atomic E-state index is -0.254. The lowest BCUT2D eigenvalue weighted by Crippen LogP contribution is -2.53. The Labute approximate surface area is 156 Å². The number of carbonyl (C=O) groups is 2. The highest BCUT2D eigenvalue weighted by atomic mass is 16.2. The number of piperidine rings is 2. The Kier molecular flexibility index (Phi) is 4.32. The highest BCUT2D eigenvalue weighted by molar-refractivity contribution is 5.91. The smallest absolute Gasteiger partial charge is 0.233 e. The molecule has 0 atom stereocenters. The first kappa shape index (κ1) is 17.6. The first-order chi connectivity index (χ1) is 12.5. The molecule has 1 aromatic carbocycles. The van der Waals surface area contributed by atoms with Crippen molar-refractivity contribution in [2.75, 3.05) is 26.2 Å². The van der Waals surface area contributed by atoms with Crippen LogP contribution in [0.15, 0.2) is 24.3 Å². The maximum atomic E-state index is 13.3. The van der Waals surface area contributed by atoms with E-state index in [0.29, 0.717) is 18.2 Å². The van der Waals surface area contributed by atoms with Crippen molar-refractivity contribution in [3.63, 3.8) is 0 Å². The van der Waals surface area contributed by atoms with Crippen molar-refractivity contribution in [1.82, 2.24) is 9.80 Å². The molecule has 2 aliphatic heterocycles. The molecular formula is C22H30N2O2. The summed E-state index contributed by atoms with van der Waals surface area (Å²) in [5, 5.41) is 0. The number of rotatable bonds is 3. The van der Waals surface area contributed by atoms with Gasteiger partial charge in [-0.05, 0) is 56.9 Å². The lowest BCUT2D eigenvalue weighted by atomic mass is 9.72. The normalized spacial score (nSPS) is 24.0. The van der Waals surface area contributed by atoms with Gasteiger partial charge in [0.25, 0.3) is 0 Å². The lowest BCUT2D eigenvalue weighted by molar-refractivity contribution is -0.143. The molecule has 0 bridgehead atoms. The van der Waals surface area contributed by atoms with Crippen LogP contribution >= 0.6 is 0 Å². The number of carbonyl (C=O) groups excluding carboxylic acids is 2. The van der Waals surface area contributed by atoms with Crippen LogP contribution in [-0.2, 0) is 15.0 Å². The number of hydrogen-bond acceptors (Lipinski definition) is 2. The van der Waals surface area contributed by atoms with Gasteiger partial charge in [-0.3, -0.25) is 9.59 Å². The van der Waals surface area contributed by atoms with E-state index in [-0.39, 0.29) is 10.8 Å². The molecule has 140 valence electrons. The first-order valence-electron chi connectivity index (χ1n) is 10.1. The molecule has 4 heteroatoms. The van der Waals surface area contributed by atoms with E-state index in [1.165, 1.54) is 11.1 Å². The van der Waals surface area contributed by atoms with Gasteiger partial charge >= 0.3 is 0 Å². The Morgan fingerprint density at radius 3 is 2.27 bits per heavy atom. The van der Waals surface area contributed by atoms with Crippen LogP contribution in [0.2, 0.25) is 0 Å². The summed E-state index contributed by atoms with van der Waals surface area (Å²) in [5.41, 5.74) is 2.41. The highest BCUT2D eigenvalue weighted by Gasteiger charge is 2.54. The Morgan fingerprint density at radius 2 is 1.69 bits per heavy atom. The third-order valence-corrected chi connectivity index (χ3v) is 7.00. The standard InChI is InChI=1S/C22H30N2O2/c1-3-23-16-21(9-8-19(23)25)12-14-24(15-13-21)20(26)22(10-11-22)18-6-4-17(2)5-7-18/h4-7H,3,8-16H2,1-2H3. The SMILES string of the molecule is CCN1CC2(CCC1=O)CCN(C(=O)C1(c3ccc(C)cc3)CC1)CC2. The second kappa shape index (κ2) is 6.40. The van der Waals surface area contributed by atoms with Gasteiger partial charge in [0.1, 0.15) is 0 Å². The van der Waals surface area contributed by atoms with Crippen molar-refractivity contribution >= 4 is 11.8 Å². The monoisotopic (exact) mass is 354 g/mol. The summed E-state index contributed by atoms with van der Waals surface area (Å²) >= 11 is 0. The van der Waals surface area contributed by atoms with E-state index in [4.69, 9.17) is 0 Å². The van der Waals surface area contributed by atoms with Gasteiger partial charge in [0.05, 0.1) is 5.41 Å². The Balaban J connectivity index is 1.43. The fraction of sp³-hybridized carbons (Fsp3) is 0.636. The number of hydrogen-bond donors (Lipinski definition) is 0. The average Bonchev–Trinajstić information content (AvgIpc) is 3.46. The summed E-state index contributed by atoms with van der Waals surface area (Å²) in [7, 11) is 0. The number of likely N-dealkylation sites (tertiary alicyclic amines) is 2. The van der Waals surface area contributed by atoms with Crippen LogP contribution in [0, 0.1) is 12.3 Å². The van der Waals surface area contributed by atoms with Gasteiger partial charge in [-0.1, -0.05) is 29.8 Å². The van der Waals surface area contributed by atoms with Crippen LogP contribution in [0.3, 0.4) is 0 Å². The van der Waals surface area contributed by atoms with Gasteiger partial charge in [-0.15, -0.1) is 0 Å². The van der Waals surface area contributed by atoms with Gasteiger partial charge in [-0.25, -0.2) is 0 Å². The number of amides is 2. The van der Waals surface area contributed by atoms with E-state index in [1.807, 2.05) is 4.90 Å². The first-order valence-corrected chi connectivity index (χ1v) is 10.1. The maximum Gasteiger partial charge on any atom is 0.233 e. The number of nitrogens with zero attached hydrogens (tertiary/aromatic N) is 2. The molecule has 0 unspecified atom stereocenters. The van der Waals surface area contributed by atoms with Crippen molar-refractivity contribution in [3.05, 3.63) is 35.4 Å². The van der Waals surface area contributed by atoms with E-state index in [0.717, 1.165) is 58.3 Å². The van der Waals surface area contributed by atoms with Gasteiger partial charge < -0.3 is 9.80 Å². The zero-order valence-electron chi connectivity index (χ0n) is 16.1. The fourth-order valence-electron chi connectivity index (χ4n) is 4.91. The van der Waals surface area contributed by atoms with Gasteiger partial charge in [0.15, 0.2) is 0 Å². The summed E-state index contributed by atoms with van der Waals surface area (Å²) in [6.45, 7) is 7.53. The molecule has 2 heterocycles. The van der Waals surface area contributed by atoms with Gasteiger partial charge in [-0.2, -0.15) is 0 Å². The molecule has 0 radical (unpaired) electrons. The summed E-state index contributed by atoms with van der Waals surface area (Å²) < 4.78 is 0. The fourth-order valence-corrected chi connectivity index (χ4v) is 4.91. The molecule has 4 nitrogen and oxygen atoms in total. The van der Waals surface area contributed by atoms with Gasteiger partial charge in [0, 0.05) is 32.6 Å². The largest absolute Gasteiger partial charge is 0.342 e. The minimum absolute atomic E-state index is 0.237. The van der Waals surface area contributed by atoms with Crippen LogP contribution < -0.4 is 0 Å². The van der Waals surface area contributed by atoms with Gasteiger partial charge in [0.2, 0.25) is 11.8 Å². The van der Waals surface area contributed by atoms with Crippen LogP contribution in [0.5, 0.6) is 0 Å². The Morgan fingerprint density at radius 1 is 1.04 bits per heavy atom. The van der Waals surface area contributed by atoms with E-state index in [2.05, 4.69) is 43.0 Å². The molecule has 4 rings (SSSR count). The highest BCUT2D eigenvalue weighted by Crippen LogP contribution is 2.50. The van der Waals surface area contributed by atoms with Crippen LogP contribution in [0.1, 0.15) is 56.6 Å². The summed E-state index contributed by atoms with van der Waals surface area (Å²) in [5.74, 6) is 0.628. The van der Waals surface area contributed by atoms with Crippen molar-refractivity contribution in [3.8, 4) is 0 Å². The molecule has 1 aromatic rings. The molecule has 0 N–H and O–H groups in total. The molecule has 2 amide bonds. The molecule has 0 aromatic heterocycles. The molecule has 26 heavy (non-hydrogen) atoms. The van der Waals surface area contributed by atoms with Crippen molar-refractivity contribution in [2.45, 2.75) is 57.8 Å². The maximum absolute atomic E-state index is 13.3. The van der Waals surface area contributed by atoms with Crippen molar-refractivity contribution < 1.29 is 9.59 Å². The van der Waals surface area contributed by atoms with Crippen LogP contribution in [0.4, 0.5) is 0 Å². The second-order valence-electron chi connectivity index (χ2n) is 8.65. The summed E-state index contributed by atoms with van der Waals surface area (Å²) in [6, 6.07) is 8.51. The molecule has 3 fully saturated rings. The van der Waals surface area contributed by atoms with E-state index >= 15 is 0 Å². The van der Waals surface area contributed by atoms with Crippen LogP contribution in [-0.4, -0.2) is 47.8 Å². The Hall–Kier alpha value is -1.84. The Bertz CT molecular complexity index is 697. The predicted octanol–water partition coefficient (Wildman–Crippen LogP) is 3.28. The summed E-state index contributed by atoms with van der Waals surface area (Å²) in [6.07, 6.45) is 5.70. The van der Waals surface area contributed by atoms with Crippen LogP contribution in [0.25, 0.3) is 0 Å². The lowest BCUT2D eigenvalue weighted by Gasteiger charge is -2.47. The molecule has 1 saturated carbocycles. The van der Waals surface area contributed by atoms with E-state index in [1.54, 1.807) is 0 Å². The predicted molar refractivity (Wildman–Crippen MR) is 102 cm³/mol. The molecule has 3 aliphatic rings. The average molecular weight is 354 g/mol. The van der Waals surface area contributed by atoms with E-state index < -0.39 is 0 Å². The van der Waals surface area contributed by atoms with E-state index in [9.17, 15) is 9.59 Å². The topological polar surface area (TPSA) is 40.6 Å². The number of aryl methyl sites for hydroxylation is 1. The van der Waals surface area contributed by atoms with Crippen molar-refractivity contribution in [1.29, 1.82) is 0 Å². The molecule has 1 aliphatic carbocycles. The minimum Gasteiger partial charge on any atom is -0.342 e. The molecule has 2 saturated heterocycles. The molecular weight excluding hydrogens is 324 g/mol. The third-order valence-electron chi connectivity index (χ3n) is 7.00. The second-order valence-corrected chi connectivity index (χ2v) is 8.65.